The molecule has 320 valence electrons. The van der Waals surface area contributed by atoms with E-state index in [1.54, 1.807) is 49.1 Å². The molecule has 0 atom stereocenters. The maximum absolute atomic E-state index is 10.3. The first kappa shape index (κ1) is 61.5. The quantitative estimate of drug-likeness (QED) is 0.111. The van der Waals surface area contributed by atoms with Crippen molar-refractivity contribution < 1.29 is 132 Å². The molecule has 4 heterocycles. The fourth-order valence-corrected chi connectivity index (χ4v) is 3.56. The Balaban J connectivity index is -0.000000318. The molecule has 0 bridgehead atoms. The number of aromatic carboxylic acids is 2. The second-order valence-electron chi connectivity index (χ2n) is 9.65. The van der Waals surface area contributed by atoms with E-state index in [2.05, 4.69) is 19.9 Å². The number of carboxylic acid groups (broad SMARTS) is 2. The summed E-state index contributed by atoms with van der Waals surface area (Å²) in [7, 11) is -6.93. The number of rotatable bonds is 6. The zero-order chi connectivity index (χ0) is 42.0. The van der Waals surface area contributed by atoms with Crippen LogP contribution in [-0.4, -0.2) is 46.1 Å². The molecule has 0 radical (unpaired) electrons. The first-order valence-electron chi connectivity index (χ1n) is 15.0. The Morgan fingerprint density at radius 1 is 0.450 bits per heavy atom. The minimum atomic E-state index is -4.94. The zero-order valence-electron chi connectivity index (χ0n) is 30.9. The molecule has 0 aliphatic carbocycles. The van der Waals surface area contributed by atoms with Gasteiger partial charge in [-0.3, -0.25) is 19.9 Å². The van der Waals surface area contributed by atoms with Crippen LogP contribution >= 0.6 is 0 Å². The second-order valence-corrected chi connectivity index (χ2v) is 11.2. The van der Waals surface area contributed by atoms with Crippen molar-refractivity contribution in [3.63, 3.8) is 0 Å². The molecule has 6 aromatic rings. The Kier molecular flexibility index (Phi) is 34.4. The minimum Gasteiger partial charge on any atom is -2.00 e. The normalized spacial score (nSPS) is 9.23. The van der Waals surface area contributed by atoms with Gasteiger partial charge in [-0.05, 0) is 72.8 Å². The van der Waals surface area contributed by atoms with Crippen molar-refractivity contribution in [2.24, 2.45) is 0 Å². The van der Waals surface area contributed by atoms with E-state index < -0.39 is 32.4 Å². The van der Waals surface area contributed by atoms with Gasteiger partial charge in [-0.15, -0.1) is 20.5 Å². The van der Waals surface area contributed by atoms with Crippen molar-refractivity contribution in [1.82, 2.24) is 19.9 Å². The topological polar surface area (TPSA) is 396 Å². The first-order chi connectivity index (χ1) is 26.4. The number of ether oxygens (including phenoxy) is 2. The number of halogens is 2. The molecule has 0 aliphatic rings. The molecule has 3 N–H and O–H groups in total. The van der Waals surface area contributed by atoms with Crippen LogP contribution in [0.4, 0.5) is 0 Å². The third kappa shape index (κ3) is 31.7. The van der Waals surface area contributed by atoms with Crippen LogP contribution in [0.1, 0.15) is 20.7 Å². The number of carbonyl (C=O) groups is 2. The molecule has 0 fully saturated rings. The van der Waals surface area contributed by atoms with Gasteiger partial charge in [0, 0.05) is 35.9 Å². The summed E-state index contributed by atoms with van der Waals surface area (Å²) in [6, 6.07) is 35.5. The number of methoxy groups -OCH3 is 2. The molecule has 60 heavy (non-hydrogen) atoms. The van der Waals surface area contributed by atoms with Crippen molar-refractivity contribution >= 4 is 11.9 Å². The number of hydrogen-bond donors (Lipinski definition) is 0. The van der Waals surface area contributed by atoms with E-state index >= 15 is 0 Å². The number of carboxylic acids is 2. The van der Waals surface area contributed by atoms with Crippen molar-refractivity contribution in [2.75, 3.05) is 14.2 Å². The van der Waals surface area contributed by atoms with Gasteiger partial charge in [0.2, 0.25) is 0 Å². The fourth-order valence-electron chi connectivity index (χ4n) is 3.56. The van der Waals surface area contributed by atoms with Crippen LogP contribution in [0.15, 0.2) is 146 Å². The summed E-state index contributed by atoms with van der Waals surface area (Å²) in [6.45, 7) is 0. The molecule has 2 aromatic carbocycles. The van der Waals surface area contributed by atoms with Crippen molar-refractivity contribution in [1.29, 1.82) is 0 Å². The van der Waals surface area contributed by atoms with Gasteiger partial charge < -0.3 is 40.2 Å². The van der Waals surface area contributed by atoms with Crippen LogP contribution in [0.2, 0.25) is 0 Å². The van der Waals surface area contributed by atoms with Crippen LogP contribution in [0.5, 0.6) is 11.5 Å². The third-order valence-corrected chi connectivity index (χ3v) is 5.80. The number of nitrogens with zero attached hydrogens (tertiary/aromatic N) is 4. The molecule has 0 unspecified atom stereocenters. The van der Waals surface area contributed by atoms with Gasteiger partial charge in [0.1, 0.15) is 11.5 Å². The standard InChI is InChI=1S/2C10H8N2.2C8H8O3.2ClHO4.2Mn.H2O.O/c2*1-3-7-11-9(5-1)10-6-2-4-8-12-10;2*1-11-7-4-2-3-6(5-7)8(9)10;2*2-1(3,4)5;;;;/h2*1-8H;2*2-5H,1H3,(H,9,10);2*(H,2,3,4,5);;;1H2;/q;;;;;;2*+3;;-2/p-3. The van der Waals surface area contributed by atoms with Crippen molar-refractivity contribution in [3.8, 4) is 34.3 Å². The third-order valence-electron chi connectivity index (χ3n) is 5.80. The molecule has 0 saturated heterocycles. The van der Waals surface area contributed by atoms with E-state index in [1.807, 2.05) is 72.8 Å². The van der Waals surface area contributed by atoms with E-state index in [0.717, 1.165) is 22.8 Å². The molecular weight excluding hydrogens is 925 g/mol. The Bertz CT molecular complexity index is 1760. The predicted molar refractivity (Wildman–Crippen MR) is 175 cm³/mol. The van der Waals surface area contributed by atoms with Gasteiger partial charge in [0.05, 0.1) is 48.9 Å². The van der Waals surface area contributed by atoms with E-state index in [1.165, 1.54) is 38.5 Å². The molecule has 4 aromatic heterocycles. The van der Waals surface area contributed by atoms with E-state index in [-0.39, 0.29) is 56.2 Å². The van der Waals surface area contributed by atoms with Crippen molar-refractivity contribution in [2.45, 2.75) is 0 Å². The van der Waals surface area contributed by atoms with Crippen molar-refractivity contribution in [3.05, 3.63) is 157 Å². The minimum absolute atomic E-state index is 0. The summed E-state index contributed by atoms with van der Waals surface area (Å²) in [5, 5.41) is 20.6. The van der Waals surface area contributed by atoms with Crippen LogP contribution in [0.25, 0.3) is 22.8 Å². The molecule has 0 spiro atoms. The molecular formula is C36H33Cl2Mn2N4O16+. The smallest absolute Gasteiger partial charge is 2.00 e. The molecule has 24 heteroatoms. The van der Waals surface area contributed by atoms with E-state index in [4.69, 9.17) is 46.7 Å². The first-order valence-corrected chi connectivity index (χ1v) is 17.5. The fraction of sp³-hybridized carbons (Fsp3) is 0.0556. The van der Waals surface area contributed by atoms with Gasteiger partial charge in [-0.1, -0.05) is 48.5 Å². The maximum Gasteiger partial charge on any atom is 3.00 e. The molecule has 6 rings (SSSR count). The average Bonchev–Trinajstić information content (AvgIpc) is 3.19. The summed E-state index contributed by atoms with van der Waals surface area (Å²) in [4.78, 5) is 37.4. The van der Waals surface area contributed by atoms with Crippen LogP contribution in [0.3, 0.4) is 0 Å². The van der Waals surface area contributed by atoms with Crippen LogP contribution < -0.4 is 57.0 Å². The summed E-state index contributed by atoms with van der Waals surface area (Å²) < 4.78 is 77.6. The molecule has 0 saturated carbocycles. The van der Waals surface area contributed by atoms with Gasteiger partial charge >= 0.3 is 34.1 Å². The number of pyridine rings is 4. The number of benzene rings is 2. The van der Waals surface area contributed by atoms with Crippen LogP contribution in [-0.2, 0) is 45.1 Å². The number of aromatic nitrogens is 4. The van der Waals surface area contributed by atoms with E-state index in [0.29, 0.717) is 11.5 Å². The second kappa shape index (κ2) is 33.6. The summed E-state index contributed by atoms with van der Waals surface area (Å²) in [6.07, 6.45) is 7.07. The number of hydrogen-bond acceptors (Lipinski definition) is 18. The van der Waals surface area contributed by atoms with Gasteiger partial charge in [0.25, 0.3) is 0 Å². The summed E-state index contributed by atoms with van der Waals surface area (Å²) in [5.41, 5.74) is 3.92. The van der Waals surface area contributed by atoms with Crippen LogP contribution in [0, 0.1) is 20.5 Å². The Morgan fingerprint density at radius 2 is 0.683 bits per heavy atom. The monoisotopic (exact) mass is 957 g/mol. The predicted octanol–water partition coefficient (Wildman–Crippen LogP) is -6.15. The Morgan fingerprint density at radius 3 is 0.850 bits per heavy atom. The Labute approximate surface area is 368 Å². The SMILES string of the molecule is COc1cccc(C(=O)[O-])c1.COc1cccc(C(=O)[O-])c1.[Mn+3].[Mn+3].[O-2].[O-][Cl+3]([O-])([O-])[O-].[O-][Cl+3]([O-])([O-])[O-].[OH3+].c1ccc(-c2ccccn2)nc1.c1ccc(-c2ccccn2)nc1. The maximum atomic E-state index is 10.3. The largest absolute Gasteiger partial charge is 3.00 e. The molecule has 0 amide bonds. The van der Waals surface area contributed by atoms with Gasteiger partial charge in [-0.2, -0.15) is 0 Å². The molecule has 0 aliphatic heterocycles. The Hall–Kier alpha value is -5.20. The van der Waals surface area contributed by atoms with E-state index in [9.17, 15) is 19.8 Å². The number of carbonyl (C=O) groups excluding carboxylic acids is 2. The zero-order valence-corrected chi connectivity index (χ0v) is 34.7. The van der Waals surface area contributed by atoms with Gasteiger partial charge in [0.15, 0.2) is 0 Å². The summed E-state index contributed by atoms with van der Waals surface area (Å²) in [5.74, 6) is -1.34. The average molecular weight is 958 g/mol. The van der Waals surface area contributed by atoms with Gasteiger partial charge in [-0.25, -0.2) is 37.3 Å². The molecule has 20 nitrogen and oxygen atoms in total. The summed E-state index contributed by atoms with van der Waals surface area (Å²) >= 11 is 0.